The second kappa shape index (κ2) is 4.52. The van der Waals surface area contributed by atoms with Gasteiger partial charge in [0.2, 0.25) is 0 Å². The fourth-order valence-corrected chi connectivity index (χ4v) is 3.52. The van der Waals surface area contributed by atoms with Gasteiger partial charge in [-0.3, -0.25) is 0 Å². The summed E-state index contributed by atoms with van der Waals surface area (Å²) < 4.78 is 12.1. The molecule has 1 atom stereocenters. The third kappa shape index (κ3) is 3.01. The van der Waals surface area contributed by atoms with Crippen molar-refractivity contribution in [3.63, 3.8) is 0 Å². The fourth-order valence-electron chi connectivity index (χ4n) is 3.52. The molecular weight excluding hydrogens is 214 g/mol. The van der Waals surface area contributed by atoms with Crippen molar-refractivity contribution in [2.45, 2.75) is 69.7 Å². The van der Waals surface area contributed by atoms with Crippen LogP contribution in [0, 0.1) is 0 Å². The lowest BCUT2D eigenvalue weighted by atomic mass is 9.86. The van der Waals surface area contributed by atoms with Gasteiger partial charge < -0.3 is 14.8 Å². The molecule has 1 heterocycles. The summed E-state index contributed by atoms with van der Waals surface area (Å²) in [5, 5.41) is 3.57. The first kappa shape index (κ1) is 13.3. The number of hydrogen-bond acceptors (Lipinski definition) is 3. The van der Waals surface area contributed by atoms with Crippen molar-refractivity contribution in [2.24, 2.45) is 0 Å². The monoisotopic (exact) mass is 241 g/mol. The average Bonchev–Trinajstić information content (AvgIpc) is 2.64. The minimum atomic E-state index is -0.117. The molecular formula is C14H27NO2. The van der Waals surface area contributed by atoms with Gasteiger partial charge in [-0.25, -0.2) is 0 Å². The summed E-state index contributed by atoms with van der Waals surface area (Å²) in [5.74, 6) is 0. The Morgan fingerprint density at radius 2 is 1.88 bits per heavy atom. The van der Waals surface area contributed by atoms with Gasteiger partial charge in [0.15, 0.2) is 0 Å². The van der Waals surface area contributed by atoms with Crippen LogP contribution in [-0.4, -0.2) is 37.0 Å². The SMILES string of the molecule is COC(C)(C)CC1(C)CNCC2(CCCC2)O1. The molecule has 0 radical (unpaired) electrons. The molecule has 1 aliphatic carbocycles. The molecule has 3 nitrogen and oxygen atoms in total. The third-order valence-corrected chi connectivity index (χ3v) is 4.28. The summed E-state index contributed by atoms with van der Waals surface area (Å²) in [4.78, 5) is 0. The first-order valence-electron chi connectivity index (χ1n) is 6.85. The minimum absolute atomic E-state index is 0.0951. The van der Waals surface area contributed by atoms with Crippen LogP contribution in [0.2, 0.25) is 0 Å². The molecule has 100 valence electrons. The van der Waals surface area contributed by atoms with Gasteiger partial charge in [-0.1, -0.05) is 12.8 Å². The zero-order valence-electron chi connectivity index (χ0n) is 11.8. The number of ether oxygens (including phenoxy) is 2. The van der Waals surface area contributed by atoms with E-state index >= 15 is 0 Å². The first-order chi connectivity index (χ1) is 7.89. The van der Waals surface area contributed by atoms with E-state index in [0.717, 1.165) is 19.5 Å². The Labute approximate surface area is 105 Å². The standard InChI is InChI=1S/C14H27NO2/c1-12(2,16-4)9-13(3)10-15-11-14(17-13)7-5-6-8-14/h15H,5-11H2,1-4H3. The lowest BCUT2D eigenvalue weighted by molar-refractivity contribution is -0.189. The lowest BCUT2D eigenvalue weighted by Crippen LogP contribution is -2.60. The second-order valence-electron chi connectivity index (χ2n) is 6.69. The van der Waals surface area contributed by atoms with Crippen LogP contribution in [0.4, 0.5) is 0 Å². The van der Waals surface area contributed by atoms with Crippen LogP contribution in [0.3, 0.4) is 0 Å². The molecule has 2 rings (SSSR count). The van der Waals surface area contributed by atoms with E-state index in [2.05, 4.69) is 26.1 Å². The summed E-state index contributed by atoms with van der Waals surface area (Å²) in [6, 6.07) is 0. The predicted molar refractivity (Wildman–Crippen MR) is 69.3 cm³/mol. The Bertz CT molecular complexity index is 271. The highest BCUT2D eigenvalue weighted by Crippen LogP contribution is 2.40. The van der Waals surface area contributed by atoms with Crippen molar-refractivity contribution in [3.05, 3.63) is 0 Å². The second-order valence-corrected chi connectivity index (χ2v) is 6.69. The van der Waals surface area contributed by atoms with E-state index in [1.165, 1.54) is 25.7 Å². The summed E-state index contributed by atoms with van der Waals surface area (Å²) in [6.45, 7) is 8.45. The number of nitrogens with one attached hydrogen (secondary N) is 1. The number of hydrogen-bond donors (Lipinski definition) is 1. The van der Waals surface area contributed by atoms with E-state index in [9.17, 15) is 0 Å². The zero-order valence-corrected chi connectivity index (χ0v) is 11.8. The van der Waals surface area contributed by atoms with Gasteiger partial charge in [0.05, 0.1) is 16.8 Å². The third-order valence-electron chi connectivity index (χ3n) is 4.28. The Balaban J connectivity index is 2.04. The Kier molecular flexibility index (Phi) is 3.54. The maximum Gasteiger partial charge on any atom is 0.0814 e. The lowest BCUT2D eigenvalue weighted by Gasteiger charge is -2.48. The fraction of sp³-hybridized carbons (Fsp3) is 1.00. The van der Waals surface area contributed by atoms with Crippen LogP contribution in [0.15, 0.2) is 0 Å². The molecule has 17 heavy (non-hydrogen) atoms. The molecule has 1 unspecified atom stereocenters. The number of rotatable bonds is 3. The molecule has 1 saturated heterocycles. The van der Waals surface area contributed by atoms with Crippen molar-refractivity contribution in [3.8, 4) is 0 Å². The summed E-state index contributed by atoms with van der Waals surface area (Å²) in [6.07, 6.45) is 5.98. The molecule has 2 fully saturated rings. The van der Waals surface area contributed by atoms with Gasteiger partial charge >= 0.3 is 0 Å². The quantitative estimate of drug-likeness (QED) is 0.823. The number of morpholine rings is 1. The molecule has 0 aromatic heterocycles. The minimum Gasteiger partial charge on any atom is -0.379 e. The Hall–Kier alpha value is -0.120. The predicted octanol–water partition coefficient (Wildman–Crippen LogP) is 2.49. The molecule has 0 aromatic carbocycles. The van der Waals surface area contributed by atoms with E-state index in [0.29, 0.717) is 0 Å². The Morgan fingerprint density at radius 1 is 1.24 bits per heavy atom. The van der Waals surface area contributed by atoms with Crippen LogP contribution in [0.5, 0.6) is 0 Å². The van der Waals surface area contributed by atoms with E-state index < -0.39 is 0 Å². The van der Waals surface area contributed by atoms with Gasteiger partial charge in [0.1, 0.15) is 0 Å². The van der Waals surface area contributed by atoms with Gasteiger partial charge in [-0.2, -0.15) is 0 Å². The van der Waals surface area contributed by atoms with Crippen LogP contribution < -0.4 is 5.32 Å². The molecule has 1 N–H and O–H groups in total. The van der Waals surface area contributed by atoms with Gasteiger partial charge in [0.25, 0.3) is 0 Å². The largest absolute Gasteiger partial charge is 0.379 e. The highest BCUT2D eigenvalue weighted by molar-refractivity contribution is 4.99. The highest BCUT2D eigenvalue weighted by atomic mass is 16.5. The first-order valence-corrected chi connectivity index (χ1v) is 6.85. The van der Waals surface area contributed by atoms with Crippen molar-refractivity contribution in [1.82, 2.24) is 5.32 Å². The van der Waals surface area contributed by atoms with Crippen molar-refractivity contribution in [1.29, 1.82) is 0 Å². The molecule has 2 aliphatic rings. The van der Waals surface area contributed by atoms with Gasteiger partial charge in [-0.05, 0) is 33.6 Å². The van der Waals surface area contributed by atoms with Crippen molar-refractivity contribution >= 4 is 0 Å². The summed E-state index contributed by atoms with van der Waals surface area (Å²) >= 11 is 0. The van der Waals surface area contributed by atoms with E-state index in [4.69, 9.17) is 9.47 Å². The molecule has 0 aromatic rings. The van der Waals surface area contributed by atoms with Crippen LogP contribution >= 0.6 is 0 Å². The molecule has 0 amide bonds. The van der Waals surface area contributed by atoms with Crippen LogP contribution in [-0.2, 0) is 9.47 Å². The van der Waals surface area contributed by atoms with Crippen LogP contribution in [0.1, 0.15) is 52.9 Å². The average molecular weight is 241 g/mol. The molecule has 1 saturated carbocycles. The topological polar surface area (TPSA) is 30.5 Å². The number of methoxy groups -OCH3 is 1. The van der Waals surface area contributed by atoms with Crippen molar-refractivity contribution in [2.75, 3.05) is 20.2 Å². The highest BCUT2D eigenvalue weighted by Gasteiger charge is 2.46. The van der Waals surface area contributed by atoms with E-state index in [1.807, 2.05) is 0 Å². The normalized spacial score (nSPS) is 33.2. The smallest absolute Gasteiger partial charge is 0.0814 e. The Morgan fingerprint density at radius 3 is 2.47 bits per heavy atom. The van der Waals surface area contributed by atoms with Gasteiger partial charge in [0, 0.05) is 26.6 Å². The van der Waals surface area contributed by atoms with Crippen molar-refractivity contribution < 1.29 is 9.47 Å². The summed E-state index contributed by atoms with van der Waals surface area (Å²) in [7, 11) is 1.78. The molecule has 1 aliphatic heterocycles. The maximum atomic E-state index is 6.52. The summed E-state index contributed by atoms with van der Waals surface area (Å²) in [5.41, 5.74) is -0.105. The molecule has 0 bridgehead atoms. The molecule has 1 spiro atoms. The van der Waals surface area contributed by atoms with E-state index in [-0.39, 0.29) is 16.8 Å². The van der Waals surface area contributed by atoms with Gasteiger partial charge in [-0.15, -0.1) is 0 Å². The van der Waals surface area contributed by atoms with Crippen LogP contribution in [0.25, 0.3) is 0 Å². The maximum absolute atomic E-state index is 6.52. The van der Waals surface area contributed by atoms with E-state index in [1.54, 1.807) is 7.11 Å². The zero-order chi connectivity index (χ0) is 12.6. The molecule has 3 heteroatoms.